The monoisotopic (exact) mass is 185 g/mol. The standard InChI is InChI=1S/C9H15NO3/c1-8(3-2-5-11)7-10-9(13)4-6-12/h3,5,12H,2,4,6-7H2,1H3,(H,10,13)/b8-3+. The van der Waals surface area contributed by atoms with Crippen molar-refractivity contribution in [3.63, 3.8) is 0 Å². The molecular weight excluding hydrogens is 170 g/mol. The molecule has 1 amide bonds. The largest absolute Gasteiger partial charge is 0.396 e. The molecule has 0 bridgehead atoms. The summed E-state index contributed by atoms with van der Waals surface area (Å²) in [6.07, 6.45) is 3.06. The fourth-order valence-electron chi connectivity index (χ4n) is 0.749. The van der Waals surface area contributed by atoms with Crippen LogP contribution in [0.1, 0.15) is 19.8 Å². The molecule has 0 saturated heterocycles. The number of hydrogen-bond donors (Lipinski definition) is 2. The van der Waals surface area contributed by atoms with Crippen molar-refractivity contribution in [3.8, 4) is 0 Å². The molecule has 0 aliphatic carbocycles. The molecule has 0 heterocycles. The van der Waals surface area contributed by atoms with Crippen molar-refractivity contribution in [1.82, 2.24) is 5.32 Å². The summed E-state index contributed by atoms with van der Waals surface area (Å²) in [5, 5.41) is 11.0. The van der Waals surface area contributed by atoms with Gasteiger partial charge in [0.25, 0.3) is 0 Å². The van der Waals surface area contributed by atoms with Crippen molar-refractivity contribution >= 4 is 12.2 Å². The van der Waals surface area contributed by atoms with Crippen molar-refractivity contribution < 1.29 is 14.7 Å². The van der Waals surface area contributed by atoms with E-state index < -0.39 is 0 Å². The topological polar surface area (TPSA) is 66.4 Å². The Morgan fingerprint density at radius 2 is 2.23 bits per heavy atom. The van der Waals surface area contributed by atoms with Crippen LogP contribution in [0.15, 0.2) is 11.6 Å². The highest BCUT2D eigenvalue weighted by atomic mass is 16.3. The van der Waals surface area contributed by atoms with E-state index in [1.165, 1.54) is 0 Å². The van der Waals surface area contributed by atoms with Crippen LogP contribution in [-0.4, -0.2) is 30.5 Å². The number of rotatable bonds is 6. The number of allylic oxidation sites excluding steroid dienone is 1. The highest BCUT2D eigenvalue weighted by Crippen LogP contribution is 1.91. The molecule has 0 fully saturated rings. The highest BCUT2D eigenvalue weighted by Gasteiger charge is 1.98. The molecular formula is C9H15NO3. The molecule has 0 aromatic heterocycles. The second-order valence-electron chi connectivity index (χ2n) is 2.70. The molecule has 74 valence electrons. The third-order valence-corrected chi connectivity index (χ3v) is 1.47. The lowest BCUT2D eigenvalue weighted by atomic mass is 10.2. The minimum absolute atomic E-state index is 0.126. The first kappa shape index (κ1) is 11.8. The molecule has 0 aromatic carbocycles. The highest BCUT2D eigenvalue weighted by molar-refractivity contribution is 5.76. The summed E-state index contributed by atoms with van der Waals surface area (Å²) in [5.74, 6) is -0.179. The van der Waals surface area contributed by atoms with Crippen molar-refractivity contribution in [2.75, 3.05) is 13.2 Å². The van der Waals surface area contributed by atoms with Crippen LogP contribution >= 0.6 is 0 Å². The first-order valence-corrected chi connectivity index (χ1v) is 4.17. The Morgan fingerprint density at radius 1 is 1.54 bits per heavy atom. The van der Waals surface area contributed by atoms with Gasteiger partial charge in [0.15, 0.2) is 0 Å². The van der Waals surface area contributed by atoms with Gasteiger partial charge in [-0.2, -0.15) is 0 Å². The molecule has 13 heavy (non-hydrogen) atoms. The van der Waals surface area contributed by atoms with Gasteiger partial charge < -0.3 is 15.2 Å². The zero-order chi connectivity index (χ0) is 10.1. The SMILES string of the molecule is C/C(=C\CC=O)CNC(=O)CCO. The summed E-state index contributed by atoms with van der Waals surface area (Å²) < 4.78 is 0. The van der Waals surface area contributed by atoms with E-state index in [0.717, 1.165) is 11.9 Å². The minimum atomic E-state index is -0.179. The maximum atomic E-state index is 10.9. The van der Waals surface area contributed by atoms with E-state index in [1.54, 1.807) is 6.08 Å². The number of carbonyl (C=O) groups excluding carboxylic acids is 2. The number of aliphatic hydroxyl groups excluding tert-OH is 1. The maximum absolute atomic E-state index is 10.9. The van der Waals surface area contributed by atoms with Gasteiger partial charge in [0.05, 0.1) is 6.61 Å². The molecule has 4 nitrogen and oxygen atoms in total. The molecule has 2 N–H and O–H groups in total. The smallest absolute Gasteiger partial charge is 0.222 e. The average molecular weight is 185 g/mol. The Morgan fingerprint density at radius 3 is 2.77 bits per heavy atom. The molecule has 0 unspecified atom stereocenters. The van der Waals surface area contributed by atoms with Crippen LogP contribution in [0, 0.1) is 0 Å². The fraction of sp³-hybridized carbons (Fsp3) is 0.556. The van der Waals surface area contributed by atoms with Crippen LogP contribution in [-0.2, 0) is 9.59 Å². The number of aldehydes is 1. The second kappa shape index (κ2) is 7.49. The third kappa shape index (κ3) is 7.21. The van der Waals surface area contributed by atoms with E-state index in [0.29, 0.717) is 13.0 Å². The van der Waals surface area contributed by atoms with Crippen LogP contribution in [0.25, 0.3) is 0 Å². The Labute approximate surface area is 77.6 Å². The van der Waals surface area contributed by atoms with E-state index in [2.05, 4.69) is 5.32 Å². The first-order valence-electron chi connectivity index (χ1n) is 4.17. The minimum Gasteiger partial charge on any atom is -0.396 e. The molecule has 0 aliphatic heterocycles. The van der Waals surface area contributed by atoms with Crippen molar-refractivity contribution in [3.05, 3.63) is 11.6 Å². The lowest BCUT2D eigenvalue weighted by molar-refractivity contribution is -0.121. The molecule has 0 aromatic rings. The summed E-state index contributed by atoms with van der Waals surface area (Å²) in [4.78, 5) is 20.8. The summed E-state index contributed by atoms with van der Waals surface area (Å²) in [6, 6.07) is 0. The zero-order valence-electron chi connectivity index (χ0n) is 7.75. The number of carbonyl (C=O) groups is 2. The maximum Gasteiger partial charge on any atom is 0.222 e. The van der Waals surface area contributed by atoms with Gasteiger partial charge in [0, 0.05) is 19.4 Å². The van der Waals surface area contributed by atoms with E-state index in [1.807, 2.05) is 6.92 Å². The van der Waals surface area contributed by atoms with Gasteiger partial charge in [-0.1, -0.05) is 11.6 Å². The van der Waals surface area contributed by atoms with Gasteiger partial charge in [-0.25, -0.2) is 0 Å². The number of aliphatic hydroxyl groups is 1. The Bertz CT molecular complexity index is 199. The van der Waals surface area contributed by atoms with Gasteiger partial charge in [-0.05, 0) is 6.92 Å². The van der Waals surface area contributed by atoms with E-state index in [-0.39, 0.29) is 18.9 Å². The van der Waals surface area contributed by atoms with Gasteiger partial charge in [0.1, 0.15) is 6.29 Å². The van der Waals surface area contributed by atoms with E-state index in [9.17, 15) is 9.59 Å². The van der Waals surface area contributed by atoms with E-state index in [4.69, 9.17) is 5.11 Å². The van der Waals surface area contributed by atoms with Crippen molar-refractivity contribution in [1.29, 1.82) is 0 Å². The summed E-state index contributed by atoms with van der Waals surface area (Å²) in [7, 11) is 0. The summed E-state index contributed by atoms with van der Waals surface area (Å²) in [5.41, 5.74) is 0.943. The summed E-state index contributed by atoms with van der Waals surface area (Å²) >= 11 is 0. The number of hydrogen-bond acceptors (Lipinski definition) is 3. The quantitative estimate of drug-likeness (QED) is 0.453. The first-order chi connectivity index (χ1) is 6.20. The predicted octanol–water partition coefficient (Wildman–Crippen LogP) is 0.0203. The van der Waals surface area contributed by atoms with Gasteiger partial charge >= 0.3 is 0 Å². The molecule has 0 aliphatic rings. The lowest BCUT2D eigenvalue weighted by Crippen LogP contribution is -2.25. The summed E-state index contributed by atoms with van der Waals surface area (Å²) in [6.45, 7) is 2.14. The van der Waals surface area contributed by atoms with Gasteiger partial charge in [-0.3, -0.25) is 4.79 Å². The molecule has 0 rings (SSSR count). The van der Waals surface area contributed by atoms with Crippen molar-refractivity contribution in [2.24, 2.45) is 0 Å². The molecule has 0 saturated carbocycles. The van der Waals surface area contributed by atoms with Gasteiger partial charge in [-0.15, -0.1) is 0 Å². The third-order valence-electron chi connectivity index (χ3n) is 1.47. The fourth-order valence-corrected chi connectivity index (χ4v) is 0.749. The van der Waals surface area contributed by atoms with Crippen LogP contribution in [0.4, 0.5) is 0 Å². The number of amides is 1. The molecule has 4 heteroatoms. The van der Waals surface area contributed by atoms with Crippen LogP contribution in [0.2, 0.25) is 0 Å². The Balaban J connectivity index is 3.62. The van der Waals surface area contributed by atoms with Gasteiger partial charge in [0.2, 0.25) is 5.91 Å². The lowest BCUT2D eigenvalue weighted by Gasteiger charge is -2.03. The van der Waals surface area contributed by atoms with Crippen LogP contribution < -0.4 is 5.32 Å². The van der Waals surface area contributed by atoms with E-state index >= 15 is 0 Å². The Hall–Kier alpha value is -1.16. The molecule has 0 radical (unpaired) electrons. The van der Waals surface area contributed by atoms with Crippen molar-refractivity contribution in [2.45, 2.75) is 19.8 Å². The zero-order valence-corrected chi connectivity index (χ0v) is 7.75. The average Bonchev–Trinajstić information content (AvgIpc) is 2.12. The van der Waals surface area contributed by atoms with Crippen LogP contribution in [0.5, 0.6) is 0 Å². The number of nitrogens with one attached hydrogen (secondary N) is 1. The normalized spacial score (nSPS) is 11.1. The second-order valence-corrected chi connectivity index (χ2v) is 2.70. The van der Waals surface area contributed by atoms with Crippen LogP contribution in [0.3, 0.4) is 0 Å². The Kier molecular flexibility index (Phi) is 6.82. The molecule has 0 atom stereocenters. The molecule has 0 spiro atoms. The predicted molar refractivity (Wildman–Crippen MR) is 49.2 cm³/mol.